The summed E-state index contributed by atoms with van der Waals surface area (Å²) in [4.78, 5) is 21.2. The van der Waals surface area contributed by atoms with E-state index in [-0.39, 0.29) is 6.04 Å². The Morgan fingerprint density at radius 3 is 2.42 bits per heavy atom. The zero-order valence-electron chi connectivity index (χ0n) is 18.2. The standard InChI is InChI=1S/C25H25N7O/c1-4-15(22-17(5-1)30-24(32-22)19-7-3-11-27-19)25-28-13-21(33-25)14-8-9-16-20(12-14)31-23(29-16)18-6-2-10-26-18/h1,4-5,8-9,12-13,18-19,26-27H,2-3,6-7,10-11H2,(H,29,31)(H,30,32)/t18-,19-/m0/s1. The molecule has 0 unspecified atom stereocenters. The number of nitrogens with zero attached hydrogens (tertiary/aromatic N) is 3. The van der Waals surface area contributed by atoms with Crippen LogP contribution in [0.4, 0.5) is 0 Å². The van der Waals surface area contributed by atoms with E-state index in [2.05, 4.69) is 49.9 Å². The van der Waals surface area contributed by atoms with Crippen molar-refractivity contribution >= 4 is 22.1 Å². The van der Waals surface area contributed by atoms with E-state index in [0.29, 0.717) is 11.9 Å². The van der Waals surface area contributed by atoms with Crippen LogP contribution in [0.2, 0.25) is 0 Å². The largest absolute Gasteiger partial charge is 0.436 e. The summed E-state index contributed by atoms with van der Waals surface area (Å²) in [7, 11) is 0. The maximum atomic E-state index is 6.22. The molecule has 166 valence electrons. The summed E-state index contributed by atoms with van der Waals surface area (Å²) in [5, 5.41) is 7.01. The molecule has 3 aromatic heterocycles. The Labute approximate surface area is 190 Å². The van der Waals surface area contributed by atoms with Gasteiger partial charge in [0.25, 0.3) is 0 Å². The van der Waals surface area contributed by atoms with Crippen LogP contribution in [-0.2, 0) is 0 Å². The van der Waals surface area contributed by atoms with Gasteiger partial charge in [0.15, 0.2) is 5.76 Å². The first-order valence-electron chi connectivity index (χ1n) is 11.7. The minimum Gasteiger partial charge on any atom is -0.436 e. The van der Waals surface area contributed by atoms with Crippen LogP contribution >= 0.6 is 0 Å². The molecule has 0 bridgehead atoms. The molecule has 2 aromatic carbocycles. The fourth-order valence-corrected chi connectivity index (χ4v) is 5.10. The van der Waals surface area contributed by atoms with Crippen LogP contribution in [0.5, 0.6) is 0 Å². The molecule has 2 fully saturated rings. The number of rotatable bonds is 4. The van der Waals surface area contributed by atoms with Crippen LogP contribution in [0.3, 0.4) is 0 Å². The minimum absolute atomic E-state index is 0.287. The van der Waals surface area contributed by atoms with Crippen molar-refractivity contribution in [3.63, 3.8) is 0 Å². The summed E-state index contributed by atoms with van der Waals surface area (Å²) >= 11 is 0. The molecule has 8 heteroatoms. The van der Waals surface area contributed by atoms with Crippen LogP contribution in [0.1, 0.15) is 49.4 Å². The Kier molecular flexibility index (Phi) is 4.34. The first kappa shape index (κ1) is 19.0. The molecule has 4 N–H and O–H groups in total. The van der Waals surface area contributed by atoms with Gasteiger partial charge in [0, 0.05) is 5.56 Å². The fraction of sp³-hybridized carbons (Fsp3) is 0.320. The first-order valence-corrected chi connectivity index (χ1v) is 11.7. The second kappa shape index (κ2) is 7.54. The molecule has 0 radical (unpaired) electrons. The van der Waals surface area contributed by atoms with Crippen molar-refractivity contribution in [3.8, 4) is 22.8 Å². The Morgan fingerprint density at radius 2 is 1.64 bits per heavy atom. The van der Waals surface area contributed by atoms with Gasteiger partial charge in [-0.1, -0.05) is 6.07 Å². The molecule has 0 saturated carbocycles. The number of H-pyrrole nitrogens is 2. The third-order valence-corrected chi connectivity index (χ3v) is 6.83. The van der Waals surface area contributed by atoms with E-state index in [1.807, 2.05) is 12.1 Å². The van der Waals surface area contributed by atoms with Gasteiger partial charge in [0.05, 0.1) is 40.4 Å². The smallest absolute Gasteiger partial charge is 0.228 e. The van der Waals surface area contributed by atoms with Gasteiger partial charge in [-0.2, -0.15) is 0 Å². The number of hydrogen-bond donors (Lipinski definition) is 4. The van der Waals surface area contributed by atoms with Crippen molar-refractivity contribution in [3.05, 3.63) is 54.2 Å². The number of imidazole rings is 2. The van der Waals surface area contributed by atoms with Crippen LogP contribution in [0.15, 0.2) is 47.0 Å². The van der Waals surface area contributed by atoms with E-state index in [1.165, 1.54) is 12.8 Å². The van der Waals surface area contributed by atoms with Crippen molar-refractivity contribution in [1.82, 2.24) is 35.6 Å². The summed E-state index contributed by atoms with van der Waals surface area (Å²) in [6.45, 7) is 2.09. The highest BCUT2D eigenvalue weighted by atomic mass is 16.4. The van der Waals surface area contributed by atoms with Gasteiger partial charge >= 0.3 is 0 Å². The number of aromatic amines is 2. The normalized spacial score (nSPS) is 21.0. The van der Waals surface area contributed by atoms with E-state index in [0.717, 1.165) is 76.5 Å². The van der Waals surface area contributed by atoms with Gasteiger partial charge in [0.1, 0.15) is 17.2 Å². The number of oxazole rings is 1. The number of hydrogen-bond acceptors (Lipinski definition) is 6. The molecule has 2 atom stereocenters. The average Bonchev–Trinajstić information content (AvgIpc) is 3.68. The molecule has 0 aliphatic carbocycles. The topological polar surface area (TPSA) is 107 Å². The summed E-state index contributed by atoms with van der Waals surface area (Å²) in [6, 6.07) is 12.9. The van der Waals surface area contributed by atoms with Gasteiger partial charge in [-0.05, 0) is 69.1 Å². The molecule has 2 saturated heterocycles. The molecule has 0 spiro atoms. The lowest BCUT2D eigenvalue weighted by Crippen LogP contribution is -2.14. The molecule has 5 heterocycles. The summed E-state index contributed by atoms with van der Waals surface area (Å²) in [5.74, 6) is 3.29. The molecule has 2 aliphatic heterocycles. The lowest BCUT2D eigenvalue weighted by atomic mass is 10.1. The van der Waals surface area contributed by atoms with E-state index in [9.17, 15) is 0 Å². The van der Waals surface area contributed by atoms with Crippen LogP contribution < -0.4 is 10.6 Å². The number of fused-ring (bicyclic) bond motifs is 2. The Bertz CT molecular complexity index is 1450. The highest BCUT2D eigenvalue weighted by Gasteiger charge is 2.22. The maximum Gasteiger partial charge on any atom is 0.228 e. The average molecular weight is 440 g/mol. The quantitative estimate of drug-likeness (QED) is 0.326. The molecule has 33 heavy (non-hydrogen) atoms. The number of benzene rings is 2. The second-order valence-corrected chi connectivity index (χ2v) is 9.01. The van der Waals surface area contributed by atoms with Gasteiger partial charge < -0.3 is 25.0 Å². The number of para-hydroxylation sites is 1. The molecule has 5 aromatic rings. The lowest BCUT2D eigenvalue weighted by Gasteiger charge is -2.04. The molecular weight excluding hydrogens is 414 g/mol. The SMILES string of the molecule is c1cc(-c2ncc(-c3ccc4[nH]c([C@@H]5CCCN5)nc4c3)o2)c2nc([C@@H]3CCCN3)[nH]c2c1. The van der Waals surface area contributed by atoms with Crippen molar-refractivity contribution in [1.29, 1.82) is 0 Å². The van der Waals surface area contributed by atoms with Crippen LogP contribution in [0.25, 0.3) is 44.8 Å². The van der Waals surface area contributed by atoms with E-state index in [1.54, 1.807) is 6.20 Å². The van der Waals surface area contributed by atoms with Gasteiger partial charge in [-0.3, -0.25) is 0 Å². The van der Waals surface area contributed by atoms with Crippen molar-refractivity contribution in [2.24, 2.45) is 0 Å². The van der Waals surface area contributed by atoms with E-state index < -0.39 is 0 Å². The highest BCUT2D eigenvalue weighted by molar-refractivity contribution is 5.90. The monoisotopic (exact) mass is 439 g/mol. The Morgan fingerprint density at radius 1 is 0.848 bits per heavy atom. The van der Waals surface area contributed by atoms with Gasteiger partial charge in [-0.15, -0.1) is 0 Å². The van der Waals surface area contributed by atoms with Gasteiger partial charge in [-0.25, -0.2) is 15.0 Å². The summed E-state index contributed by atoms with van der Waals surface area (Å²) in [5.41, 5.74) is 5.74. The zero-order chi connectivity index (χ0) is 21.8. The fourth-order valence-electron chi connectivity index (χ4n) is 5.10. The van der Waals surface area contributed by atoms with Crippen LogP contribution in [-0.4, -0.2) is 38.0 Å². The highest BCUT2D eigenvalue weighted by Crippen LogP contribution is 2.33. The maximum absolute atomic E-state index is 6.22. The molecule has 7 rings (SSSR count). The second-order valence-electron chi connectivity index (χ2n) is 9.01. The molecule has 8 nitrogen and oxygen atoms in total. The van der Waals surface area contributed by atoms with Crippen molar-refractivity contribution < 1.29 is 4.42 Å². The summed E-state index contributed by atoms with van der Waals surface area (Å²) < 4.78 is 6.22. The third-order valence-electron chi connectivity index (χ3n) is 6.83. The summed E-state index contributed by atoms with van der Waals surface area (Å²) in [6.07, 6.45) is 6.38. The van der Waals surface area contributed by atoms with Crippen molar-refractivity contribution in [2.45, 2.75) is 37.8 Å². The zero-order valence-corrected chi connectivity index (χ0v) is 18.2. The predicted molar refractivity (Wildman–Crippen MR) is 127 cm³/mol. The molecule has 0 amide bonds. The molecule has 2 aliphatic rings. The van der Waals surface area contributed by atoms with Crippen molar-refractivity contribution in [2.75, 3.05) is 13.1 Å². The first-order chi connectivity index (χ1) is 16.3. The van der Waals surface area contributed by atoms with Gasteiger partial charge in [0.2, 0.25) is 5.89 Å². The Balaban J connectivity index is 1.23. The lowest BCUT2D eigenvalue weighted by molar-refractivity contribution is 0.589. The number of aromatic nitrogens is 5. The van der Waals surface area contributed by atoms with Crippen LogP contribution in [0, 0.1) is 0 Å². The number of nitrogens with one attached hydrogen (secondary N) is 4. The van der Waals surface area contributed by atoms with E-state index in [4.69, 9.17) is 14.4 Å². The predicted octanol–water partition coefficient (Wildman–Crippen LogP) is 4.61. The molecular formula is C25H25N7O. The Hall–Kier alpha value is -3.49. The third kappa shape index (κ3) is 3.25. The minimum atomic E-state index is 0.287. The van der Waals surface area contributed by atoms with E-state index >= 15 is 0 Å².